The Hall–Kier alpha value is -3.55. The number of methoxy groups -OCH3 is 2. The van der Waals surface area contributed by atoms with Gasteiger partial charge in [0.05, 0.1) is 27.0 Å². The third-order valence-electron chi connectivity index (χ3n) is 3.86. The predicted molar refractivity (Wildman–Crippen MR) is 111 cm³/mol. The predicted octanol–water partition coefficient (Wildman–Crippen LogP) is 2.97. The quantitative estimate of drug-likeness (QED) is 0.473. The number of carbonyl (C=O) groups excluding carboxylic acids is 2. The average Bonchev–Trinajstić information content (AvgIpc) is 2.74. The number of ether oxygens (including phenoxy) is 3. The zero-order chi connectivity index (χ0) is 21.1. The Labute approximate surface area is 169 Å². The molecule has 0 aliphatic heterocycles. The molecular formula is C21H25N3O5. The van der Waals surface area contributed by atoms with Gasteiger partial charge in [-0.3, -0.25) is 9.59 Å². The molecule has 8 heteroatoms. The summed E-state index contributed by atoms with van der Waals surface area (Å²) in [6.07, 6.45) is 1.52. The van der Waals surface area contributed by atoms with E-state index >= 15 is 0 Å². The second-order valence-corrected chi connectivity index (χ2v) is 5.91. The molecule has 2 N–H and O–H groups in total. The van der Waals surface area contributed by atoms with Crippen molar-refractivity contribution in [3.05, 3.63) is 48.0 Å². The molecule has 0 atom stereocenters. The highest BCUT2D eigenvalue weighted by molar-refractivity contribution is 5.93. The first-order chi connectivity index (χ1) is 14.0. The lowest BCUT2D eigenvalue weighted by molar-refractivity contribution is -0.124. The summed E-state index contributed by atoms with van der Waals surface area (Å²) in [5, 5.41) is 6.64. The van der Waals surface area contributed by atoms with Crippen molar-refractivity contribution in [1.29, 1.82) is 0 Å². The van der Waals surface area contributed by atoms with Crippen LogP contribution in [0.1, 0.15) is 25.3 Å². The van der Waals surface area contributed by atoms with Crippen LogP contribution in [0.3, 0.4) is 0 Å². The van der Waals surface area contributed by atoms with Crippen LogP contribution in [0.15, 0.2) is 47.6 Å². The first-order valence-corrected chi connectivity index (χ1v) is 9.12. The van der Waals surface area contributed by atoms with E-state index in [1.54, 1.807) is 49.6 Å². The van der Waals surface area contributed by atoms with Crippen LogP contribution in [0, 0.1) is 0 Å². The lowest BCUT2D eigenvalue weighted by atomic mass is 10.2. The molecule has 29 heavy (non-hydrogen) atoms. The van der Waals surface area contributed by atoms with Crippen molar-refractivity contribution in [2.24, 2.45) is 5.10 Å². The van der Waals surface area contributed by atoms with Gasteiger partial charge >= 0.3 is 0 Å². The third-order valence-corrected chi connectivity index (χ3v) is 3.86. The zero-order valence-electron chi connectivity index (χ0n) is 16.7. The van der Waals surface area contributed by atoms with Crippen molar-refractivity contribution in [3.8, 4) is 17.2 Å². The Morgan fingerprint density at radius 1 is 0.966 bits per heavy atom. The van der Waals surface area contributed by atoms with Crippen LogP contribution in [0.25, 0.3) is 0 Å². The molecule has 2 aromatic rings. The second-order valence-electron chi connectivity index (χ2n) is 5.91. The van der Waals surface area contributed by atoms with Gasteiger partial charge in [-0.15, -0.1) is 0 Å². The second kappa shape index (κ2) is 11.3. The van der Waals surface area contributed by atoms with Gasteiger partial charge in [-0.2, -0.15) is 5.10 Å². The van der Waals surface area contributed by atoms with Gasteiger partial charge in [0.25, 0.3) is 0 Å². The Bertz CT molecular complexity index is 850. The highest BCUT2D eigenvalue weighted by Crippen LogP contribution is 2.23. The van der Waals surface area contributed by atoms with Crippen molar-refractivity contribution in [1.82, 2.24) is 5.43 Å². The SMILES string of the molecule is CCOc1ccc(NC(=O)CCC(=O)N/N=C/c2ccc(OC)cc2OC)cc1. The van der Waals surface area contributed by atoms with Crippen LogP contribution in [0.2, 0.25) is 0 Å². The van der Waals surface area contributed by atoms with Gasteiger partial charge in [-0.25, -0.2) is 5.43 Å². The van der Waals surface area contributed by atoms with Crippen molar-refractivity contribution in [3.63, 3.8) is 0 Å². The number of benzene rings is 2. The van der Waals surface area contributed by atoms with Gasteiger partial charge in [0.2, 0.25) is 11.8 Å². The van der Waals surface area contributed by atoms with Crippen LogP contribution in [-0.4, -0.2) is 38.9 Å². The van der Waals surface area contributed by atoms with E-state index in [9.17, 15) is 9.59 Å². The molecule has 2 rings (SSSR count). The molecule has 0 bridgehead atoms. The van der Waals surface area contributed by atoms with Crippen molar-refractivity contribution < 1.29 is 23.8 Å². The maximum Gasteiger partial charge on any atom is 0.240 e. The van der Waals surface area contributed by atoms with E-state index in [-0.39, 0.29) is 24.7 Å². The number of carbonyl (C=O) groups is 2. The maximum atomic E-state index is 12.0. The molecule has 2 amide bonds. The highest BCUT2D eigenvalue weighted by atomic mass is 16.5. The van der Waals surface area contributed by atoms with Gasteiger partial charge in [0.15, 0.2) is 0 Å². The number of hydrogen-bond acceptors (Lipinski definition) is 6. The molecule has 0 heterocycles. The molecule has 0 saturated carbocycles. The number of anilines is 1. The minimum Gasteiger partial charge on any atom is -0.497 e. The van der Waals surface area contributed by atoms with Gasteiger partial charge < -0.3 is 19.5 Å². The number of rotatable bonds is 10. The summed E-state index contributed by atoms with van der Waals surface area (Å²) in [5.74, 6) is 1.33. The Kier molecular flexibility index (Phi) is 8.50. The van der Waals surface area contributed by atoms with Crippen molar-refractivity contribution >= 4 is 23.7 Å². The maximum absolute atomic E-state index is 12.0. The third kappa shape index (κ3) is 7.17. The summed E-state index contributed by atoms with van der Waals surface area (Å²) < 4.78 is 15.7. The average molecular weight is 399 g/mol. The molecule has 0 unspecified atom stereocenters. The van der Waals surface area contributed by atoms with E-state index < -0.39 is 0 Å². The number of hydrazone groups is 1. The Morgan fingerprint density at radius 2 is 1.66 bits per heavy atom. The van der Waals surface area contributed by atoms with Crippen LogP contribution in [0.5, 0.6) is 17.2 Å². The van der Waals surface area contributed by atoms with Crippen LogP contribution < -0.4 is 25.0 Å². The van der Waals surface area contributed by atoms with E-state index in [2.05, 4.69) is 15.8 Å². The normalized spacial score (nSPS) is 10.4. The lowest BCUT2D eigenvalue weighted by Crippen LogP contribution is -2.20. The number of hydrogen-bond donors (Lipinski definition) is 2. The molecular weight excluding hydrogens is 374 g/mol. The van der Waals surface area contributed by atoms with Crippen LogP contribution in [0.4, 0.5) is 5.69 Å². The Morgan fingerprint density at radius 3 is 2.31 bits per heavy atom. The Balaban J connectivity index is 1.77. The van der Waals surface area contributed by atoms with E-state index in [0.717, 1.165) is 5.75 Å². The molecule has 0 saturated heterocycles. The summed E-state index contributed by atoms with van der Waals surface area (Å²) in [7, 11) is 3.10. The summed E-state index contributed by atoms with van der Waals surface area (Å²) in [6, 6.07) is 12.3. The first kappa shape index (κ1) is 21.7. The highest BCUT2D eigenvalue weighted by Gasteiger charge is 2.07. The number of amides is 2. The van der Waals surface area contributed by atoms with Gasteiger partial charge in [0, 0.05) is 30.2 Å². The first-order valence-electron chi connectivity index (χ1n) is 9.12. The molecule has 8 nitrogen and oxygen atoms in total. The standard InChI is InChI=1S/C21H25N3O5/c1-4-29-17-9-6-16(7-10-17)23-20(25)11-12-21(26)24-22-14-15-5-8-18(27-2)13-19(15)28-3/h5-10,13-14H,4,11-12H2,1-3H3,(H,23,25)(H,24,26)/b22-14+. The topological polar surface area (TPSA) is 98.2 Å². The molecule has 2 aromatic carbocycles. The number of nitrogens with zero attached hydrogens (tertiary/aromatic N) is 1. The summed E-state index contributed by atoms with van der Waals surface area (Å²) in [5.41, 5.74) is 3.72. The van der Waals surface area contributed by atoms with Crippen molar-refractivity contribution in [2.75, 3.05) is 26.1 Å². The van der Waals surface area contributed by atoms with Gasteiger partial charge in [0.1, 0.15) is 17.2 Å². The monoisotopic (exact) mass is 399 g/mol. The molecule has 0 spiro atoms. The number of nitrogens with one attached hydrogen (secondary N) is 2. The minimum absolute atomic E-state index is 0.0138. The molecule has 0 aromatic heterocycles. The fourth-order valence-corrected chi connectivity index (χ4v) is 2.41. The lowest BCUT2D eigenvalue weighted by Gasteiger charge is -2.07. The molecule has 154 valence electrons. The van der Waals surface area contributed by atoms with E-state index in [1.807, 2.05) is 6.92 Å². The van der Waals surface area contributed by atoms with Crippen LogP contribution in [-0.2, 0) is 9.59 Å². The van der Waals surface area contributed by atoms with Crippen LogP contribution >= 0.6 is 0 Å². The minimum atomic E-state index is -0.365. The summed E-state index contributed by atoms with van der Waals surface area (Å²) in [6.45, 7) is 2.48. The molecule has 0 radical (unpaired) electrons. The summed E-state index contributed by atoms with van der Waals surface area (Å²) >= 11 is 0. The zero-order valence-corrected chi connectivity index (χ0v) is 16.7. The summed E-state index contributed by atoms with van der Waals surface area (Å²) in [4.78, 5) is 23.9. The van der Waals surface area contributed by atoms with Crippen molar-refractivity contribution in [2.45, 2.75) is 19.8 Å². The molecule has 0 fully saturated rings. The van der Waals surface area contributed by atoms with Gasteiger partial charge in [-0.1, -0.05) is 0 Å². The smallest absolute Gasteiger partial charge is 0.240 e. The fourth-order valence-electron chi connectivity index (χ4n) is 2.41. The van der Waals surface area contributed by atoms with E-state index in [1.165, 1.54) is 13.3 Å². The fraction of sp³-hybridized carbons (Fsp3) is 0.286. The van der Waals surface area contributed by atoms with E-state index in [0.29, 0.717) is 29.4 Å². The molecule has 0 aliphatic carbocycles. The van der Waals surface area contributed by atoms with Gasteiger partial charge in [-0.05, 0) is 43.3 Å². The largest absolute Gasteiger partial charge is 0.497 e. The molecule has 0 aliphatic rings. The van der Waals surface area contributed by atoms with E-state index in [4.69, 9.17) is 14.2 Å².